The van der Waals surface area contributed by atoms with Crippen LogP contribution < -0.4 is 5.32 Å². The first kappa shape index (κ1) is 20.1. The summed E-state index contributed by atoms with van der Waals surface area (Å²) in [4.78, 5) is 27.1. The second kappa shape index (κ2) is 7.98. The Morgan fingerprint density at radius 2 is 2.15 bits per heavy atom. The fourth-order valence-electron chi connectivity index (χ4n) is 2.57. The van der Waals surface area contributed by atoms with Crippen LogP contribution in [0.1, 0.15) is 38.8 Å². The highest BCUT2D eigenvalue weighted by atomic mass is 16.6. The number of nitro groups is 1. The Morgan fingerprint density at radius 3 is 2.74 bits per heavy atom. The summed E-state index contributed by atoms with van der Waals surface area (Å²) in [7, 11) is 1.62. The van der Waals surface area contributed by atoms with Crippen molar-refractivity contribution in [2.75, 3.05) is 0 Å². The monoisotopic (exact) mass is 373 g/mol. The van der Waals surface area contributed by atoms with Crippen LogP contribution in [0.2, 0.25) is 0 Å². The van der Waals surface area contributed by atoms with Gasteiger partial charge in [0.2, 0.25) is 0 Å². The van der Waals surface area contributed by atoms with Crippen molar-refractivity contribution in [2.45, 2.75) is 38.8 Å². The second-order valence-electron chi connectivity index (χ2n) is 6.99. The molecule has 0 aliphatic rings. The molecule has 0 fully saturated rings. The van der Waals surface area contributed by atoms with Crippen LogP contribution in [0.25, 0.3) is 11.3 Å². The van der Waals surface area contributed by atoms with E-state index in [0.717, 1.165) is 0 Å². The van der Waals surface area contributed by atoms with Gasteiger partial charge in [0.05, 0.1) is 11.0 Å². The first-order valence-electron chi connectivity index (χ1n) is 8.34. The van der Waals surface area contributed by atoms with Crippen molar-refractivity contribution in [3.8, 4) is 11.3 Å². The first-order valence-corrected chi connectivity index (χ1v) is 8.34. The zero-order valence-corrected chi connectivity index (χ0v) is 15.8. The zero-order chi connectivity index (χ0) is 20.2. The molecule has 2 aromatic heterocycles. The van der Waals surface area contributed by atoms with E-state index in [-0.39, 0.29) is 5.69 Å². The van der Waals surface area contributed by atoms with Gasteiger partial charge in [-0.1, -0.05) is 6.08 Å². The molecule has 2 rings (SSSR count). The minimum Gasteiger partial charge on any atom is -0.444 e. The summed E-state index contributed by atoms with van der Waals surface area (Å²) >= 11 is 0. The lowest BCUT2D eigenvalue weighted by molar-refractivity contribution is -0.384. The second-order valence-corrected chi connectivity index (χ2v) is 6.99. The fourth-order valence-corrected chi connectivity index (χ4v) is 2.57. The van der Waals surface area contributed by atoms with Gasteiger partial charge in [-0.25, -0.2) is 4.79 Å². The molecule has 0 aliphatic carbocycles. The summed E-state index contributed by atoms with van der Waals surface area (Å²) in [5.41, 5.74) is 0.798. The van der Waals surface area contributed by atoms with Crippen LogP contribution in [0, 0.1) is 10.1 Å². The summed E-state index contributed by atoms with van der Waals surface area (Å²) < 4.78 is 6.72. The van der Waals surface area contributed by atoms with Crippen molar-refractivity contribution in [1.29, 1.82) is 0 Å². The molecule has 2 aromatic rings. The Hall–Kier alpha value is -3.23. The van der Waals surface area contributed by atoms with Crippen LogP contribution in [-0.2, 0) is 11.8 Å². The number of carbonyl (C=O) groups excluding carboxylic acids is 1. The quantitative estimate of drug-likeness (QED) is 0.471. The van der Waals surface area contributed by atoms with Crippen LogP contribution in [0.15, 0.2) is 37.3 Å². The maximum absolute atomic E-state index is 12.1. The van der Waals surface area contributed by atoms with E-state index < -0.39 is 22.7 Å². The summed E-state index contributed by atoms with van der Waals surface area (Å²) in [6.07, 6.45) is 5.86. The first-order chi connectivity index (χ1) is 12.6. The molecule has 27 heavy (non-hydrogen) atoms. The van der Waals surface area contributed by atoms with Crippen molar-refractivity contribution >= 4 is 11.8 Å². The van der Waals surface area contributed by atoms with Crippen molar-refractivity contribution in [2.24, 2.45) is 7.05 Å². The van der Waals surface area contributed by atoms with Gasteiger partial charge in [-0.15, -0.1) is 6.58 Å². The number of nitrogens with one attached hydrogen (secondary N) is 1. The van der Waals surface area contributed by atoms with Gasteiger partial charge in [0, 0.05) is 25.0 Å². The molecule has 2 heterocycles. The summed E-state index contributed by atoms with van der Waals surface area (Å²) in [5.74, 6) is 0. The lowest BCUT2D eigenvalue weighted by atomic mass is 10.0. The number of aryl methyl sites for hydroxylation is 1. The van der Waals surface area contributed by atoms with E-state index in [0.29, 0.717) is 23.2 Å². The van der Waals surface area contributed by atoms with Gasteiger partial charge < -0.3 is 10.1 Å². The Kier molecular flexibility index (Phi) is 5.94. The average Bonchev–Trinajstić information content (AvgIpc) is 2.95. The summed E-state index contributed by atoms with van der Waals surface area (Å²) in [6, 6.07) is 1.31. The van der Waals surface area contributed by atoms with Gasteiger partial charge >= 0.3 is 11.8 Å². The number of nitrogens with zero attached hydrogens (tertiary/aromatic N) is 4. The fraction of sp³-hybridized carbons (Fsp3) is 0.389. The Labute approximate surface area is 157 Å². The highest BCUT2D eigenvalue weighted by Crippen LogP contribution is 2.30. The SMILES string of the molecule is C=CC[C@H](NC(=O)OC(C)(C)C)c1cncc(-c2c([N+](=O)[O-])cnn2C)c1. The number of pyridine rings is 1. The van der Waals surface area contributed by atoms with Crippen LogP contribution >= 0.6 is 0 Å². The molecule has 0 radical (unpaired) electrons. The number of ether oxygens (including phenoxy) is 1. The molecule has 0 aliphatic heterocycles. The molecule has 0 saturated heterocycles. The van der Waals surface area contributed by atoms with E-state index in [1.165, 1.54) is 17.1 Å². The Bertz CT molecular complexity index is 854. The molecule has 9 heteroatoms. The lowest BCUT2D eigenvalue weighted by Gasteiger charge is -2.23. The number of aromatic nitrogens is 3. The van der Waals surface area contributed by atoms with Crippen molar-refractivity contribution in [3.05, 3.63) is 53.0 Å². The van der Waals surface area contributed by atoms with E-state index in [4.69, 9.17) is 4.74 Å². The Morgan fingerprint density at radius 1 is 1.44 bits per heavy atom. The number of hydrogen-bond acceptors (Lipinski definition) is 6. The number of alkyl carbamates (subject to hydrolysis) is 1. The molecule has 144 valence electrons. The molecule has 0 unspecified atom stereocenters. The van der Waals surface area contributed by atoms with Crippen LogP contribution in [0.5, 0.6) is 0 Å². The maximum atomic E-state index is 12.1. The summed E-state index contributed by atoms with van der Waals surface area (Å²) in [6.45, 7) is 9.05. The highest BCUT2D eigenvalue weighted by molar-refractivity contribution is 5.70. The van der Waals surface area contributed by atoms with Crippen molar-refractivity contribution < 1.29 is 14.5 Å². The minimum absolute atomic E-state index is 0.114. The molecule has 0 bridgehead atoms. The third kappa shape index (κ3) is 5.13. The van der Waals surface area contributed by atoms with Gasteiger partial charge in [-0.2, -0.15) is 5.10 Å². The van der Waals surface area contributed by atoms with Gasteiger partial charge in [0.25, 0.3) is 0 Å². The molecule has 9 nitrogen and oxygen atoms in total. The molecule has 1 atom stereocenters. The molecule has 0 spiro atoms. The molecular formula is C18H23N5O4. The number of carbonyl (C=O) groups is 1. The molecule has 0 saturated carbocycles. The van der Waals surface area contributed by atoms with Crippen LogP contribution in [0.3, 0.4) is 0 Å². The van der Waals surface area contributed by atoms with Gasteiger partial charge in [-0.3, -0.25) is 19.8 Å². The molecular weight excluding hydrogens is 350 g/mol. The molecule has 1 amide bonds. The predicted molar refractivity (Wildman–Crippen MR) is 100 cm³/mol. The molecule has 0 aromatic carbocycles. The topological polar surface area (TPSA) is 112 Å². The zero-order valence-electron chi connectivity index (χ0n) is 15.8. The largest absolute Gasteiger partial charge is 0.444 e. The van der Waals surface area contributed by atoms with Crippen LogP contribution in [-0.4, -0.2) is 31.4 Å². The Balaban J connectivity index is 2.36. The smallest absolute Gasteiger partial charge is 0.408 e. The number of hydrogen-bond donors (Lipinski definition) is 1. The average molecular weight is 373 g/mol. The third-order valence-electron chi connectivity index (χ3n) is 3.64. The van der Waals surface area contributed by atoms with E-state index in [1.807, 2.05) is 0 Å². The standard InChI is InChI=1S/C18H23N5O4/c1-6-7-14(21-17(24)27-18(2,3)4)12-8-13(10-19-9-12)16-15(23(25)26)11-20-22(16)5/h6,8-11,14H,1,7H2,2-5H3,(H,21,24)/t14-/m0/s1. The van der Waals surface area contributed by atoms with E-state index in [1.54, 1.807) is 46.2 Å². The highest BCUT2D eigenvalue weighted by Gasteiger charge is 2.23. The van der Waals surface area contributed by atoms with Crippen molar-refractivity contribution in [3.63, 3.8) is 0 Å². The van der Waals surface area contributed by atoms with Gasteiger partial charge in [0.15, 0.2) is 0 Å². The molecule has 1 N–H and O–H groups in total. The normalized spacial score (nSPS) is 12.3. The number of rotatable bonds is 6. The minimum atomic E-state index is -0.627. The van der Waals surface area contributed by atoms with Gasteiger partial charge in [0.1, 0.15) is 17.5 Å². The van der Waals surface area contributed by atoms with Crippen molar-refractivity contribution in [1.82, 2.24) is 20.1 Å². The van der Waals surface area contributed by atoms with E-state index in [9.17, 15) is 14.9 Å². The third-order valence-corrected chi connectivity index (χ3v) is 3.64. The lowest BCUT2D eigenvalue weighted by Crippen LogP contribution is -2.34. The maximum Gasteiger partial charge on any atom is 0.408 e. The van der Waals surface area contributed by atoms with Crippen LogP contribution in [0.4, 0.5) is 10.5 Å². The predicted octanol–water partition coefficient (Wildman–Crippen LogP) is 3.53. The number of amides is 1. The van der Waals surface area contributed by atoms with E-state index in [2.05, 4.69) is 22.0 Å². The van der Waals surface area contributed by atoms with Gasteiger partial charge in [-0.05, 0) is 38.8 Å². The summed E-state index contributed by atoms with van der Waals surface area (Å²) in [5, 5.41) is 18.0. The van der Waals surface area contributed by atoms with E-state index >= 15 is 0 Å².